The Hall–Kier alpha value is -1.09. The standard InChI is InChI=1S/C14H12Cl3NO/c1-18(2)12-5-3-10(16)8-14(12)19-13-6-4-9(15)7-11(13)17/h3-8H,1-2H3. The van der Waals surface area contributed by atoms with Crippen LogP contribution < -0.4 is 9.64 Å². The van der Waals surface area contributed by atoms with Crippen LogP contribution in [-0.4, -0.2) is 14.1 Å². The number of rotatable bonds is 3. The third-order valence-corrected chi connectivity index (χ3v) is 3.28. The van der Waals surface area contributed by atoms with E-state index in [2.05, 4.69) is 0 Å². The second-order valence-electron chi connectivity index (χ2n) is 4.18. The van der Waals surface area contributed by atoms with Crippen molar-refractivity contribution in [3.8, 4) is 11.5 Å². The fraction of sp³-hybridized carbons (Fsp3) is 0.143. The third-order valence-electron chi connectivity index (χ3n) is 2.52. The molecule has 5 heteroatoms. The molecule has 19 heavy (non-hydrogen) atoms. The summed E-state index contributed by atoms with van der Waals surface area (Å²) in [6.45, 7) is 0. The SMILES string of the molecule is CN(C)c1ccc(Cl)cc1Oc1ccc(Cl)cc1Cl. The van der Waals surface area contributed by atoms with Gasteiger partial charge in [-0.3, -0.25) is 0 Å². The number of benzene rings is 2. The molecule has 0 aliphatic carbocycles. The summed E-state index contributed by atoms with van der Waals surface area (Å²) in [5.41, 5.74) is 0.912. The fourth-order valence-corrected chi connectivity index (χ4v) is 2.22. The van der Waals surface area contributed by atoms with E-state index in [0.717, 1.165) is 5.69 Å². The summed E-state index contributed by atoms with van der Waals surface area (Å²) in [7, 11) is 3.86. The zero-order valence-electron chi connectivity index (χ0n) is 10.5. The zero-order valence-corrected chi connectivity index (χ0v) is 12.7. The molecule has 0 spiro atoms. The van der Waals surface area contributed by atoms with E-state index in [-0.39, 0.29) is 0 Å². The van der Waals surface area contributed by atoms with Crippen molar-refractivity contribution in [1.82, 2.24) is 0 Å². The van der Waals surface area contributed by atoms with Crippen molar-refractivity contribution in [3.63, 3.8) is 0 Å². The molecule has 0 aliphatic rings. The first kappa shape index (κ1) is 14.3. The van der Waals surface area contributed by atoms with Crippen LogP contribution >= 0.6 is 34.8 Å². The van der Waals surface area contributed by atoms with Crippen molar-refractivity contribution in [2.24, 2.45) is 0 Å². The Balaban J connectivity index is 2.39. The highest BCUT2D eigenvalue weighted by Gasteiger charge is 2.10. The monoisotopic (exact) mass is 315 g/mol. The molecule has 2 nitrogen and oxygen atoms in total. The Labute approximate surface area is 127 Å². The predicted octanol–water partition coefficient (Wildman–Crippen LogP) is 5.51. The molecule has 2 aromatic carbocycles. The summed E-state index contributed by atoms with van der Waals surface area (Å²) in [5.74, 6) is 1.18. The van der Waals surface area contributed by atoms with E-state index in [9.17, 15) is 0 Å². The minimum Gasteiger partial charge on any atom is -0.454 e. The van der Waals surface area contributed by atoms with E-state index < -0.39 is 0 Å². The lowest BCUT2D eigenvalue weighted by molar-refractivity contribution is 0.483. The molecular formula is C14H12Cl3NO. The highest BCUT2D eigenvalue weighted by Crippen LogP contribution is 2.37. The summed E-state index contributed by atoms with van der Waals surface area (Å²) < 4.78 is 5.82. The van der Waals surface area contributed by atoms with Gasteiger partial charge in [-0.2, -0.15) is 0 Å². The van der Waals surface area contributed by atoms with Gasteiger partial charge in [0.1, 0.15) is 5.75 Å². The maximum Gasteiger partial charge on any atom is 0.152 e. The normalized spacial score (nSPS) is 10.4. The zero-order chi connectivity index (χ0) is 14.0. The van der Waals surface area contributed by atoms with Gasteiger partial charge < -0.3 is 9.64 Å². The van der Waals surface area contributed by atoms with Gasteiger partial charge >= 0.3 is 0 Å². The first-order valence-electron chi connectivity index (χ1n) is 5.57. The van der Waals surface area contributed by atoms with E-state index >= 15 is 0 Å². The van der Waals surface area contributed by atoms with Gasteiger partial charge in [0.05, 0.1) is 10.7 Å². The van der Waals surface area contributed by atoms with Crippen LogP contribution in [0.1, 0.15) is 0 Å². The van der Waals surface area contributed by atoms with Crippen LogP contribution in [0, 0.1) is 0 Å². The van der Waals surface area contributed by atoms with Crippen molar-refractivity contribution in [3.05, 3.63) is 51.5 Å². The van der Waals surface area contributed by atoms with Crippen molar-refractivity contribution in [1.29, 1.82) is 0 Å². The van der Waals surface area contributed by atoms with Gasteiger partial charge in [0.2, 0.25) is 0 Å². The molecule has 0 heterocycles. The Morgan fingerprint density at radius 3 is 2.11 bits per heavy atom. The number of ether oxygens (including phenoxy) is 1. The van der Waals surface area contributed by atoms with Crippen LogP contribution in [0.15, 0.2) is 36.4 Å². The lowest BCUT2D eigenvalue weighted by Gasteiger charge is -2.18. The molecule has 0 radical (unpaired) electrons. The van der Waals surface area contributed by atoms with Gasteiger partial charge in [0, 0.05) is 30.2 Å². The van der Waals surface area contributed by atoms with Gasteiger partial charge in [-0.15, -0.1) is 0 Å². The smallest absolute Gasteiger partial charge is 0.152 e. The molecule has 0 aromatic heterocycles. The minimum absolute atomic E-state index is 0.456. The van der Waals surface area contributed by atoms with Crippen molar-refractivity contribution >= 4 is 40.5 Å². The summed E-state index contributed by atoms with van der Waals surface area (Å²) in [6.07, 6.45) is 0. The molecule has 0 atom stereocenters. The van der Waals surface area contributed by atoms with Gasteiger partial charge in [-0.1, -0.05) is 34.8 Å². The summed E-state index contributed by atoms with van der Waals surface area (Å²) in [6, 6.07) is 10.5. The average molecular weight is 317 g/mol. The molecule has 100 valence electrons. The Morgan fingerprint density at radius 2 is 1.47 bits per heavy atom. The number of hydrogen-bond acceptors (Lipinski definition) is 2. The lowest BCUT2D eigenvalue weighted by Crippen LogP contribution is -2.09. The maximum absolute atomic E-state index is 6.10. The number of anilines is 1. The Morgan fingerprint density at radius 1 is 0.842 bits per heavy atom. The Bertz CT molecular complexity index is 599. The Kier molecular flexibility index (Phi) is 4.46. The van der Waals surface area contributed by atoms with Crippen molar-refractivity contribution < 1.29 is 4.74 Å². The maximum atomic E-state index is 6.10. The molecule has 0 amide bonds. The number of nitrogens with zero attached hydrogens (tertiary/aromatic N) is 1. The molecule has 2 aromatic rings. The predicted molar refractivity (Wildman–Crippen MR) is 82.3 cm³/mol. The van der Waals surface area contributed by atoms with Gasteiger partial charge in [-0.05, 0) is 30.3 Å². The van der Waals surface area contributed by atoms with Crippen LogP contribution in [0.3, 0.4) is 0 Å². The molecule has 0 unspecified atom stereocenters. The van der Waals surface area contributed by atoms with Gasteiger partial charge in [0.15, 0.2) is 5.75 Å². The van der Waals surface area contributed by atoms with E-state index in [1.807, 2.05) is 31.1 Å². The summed E-state index contributed by atoms with van der Waals surface area (Å²) in [4.78, 5) is 1.94. The molecule has 0 saturated heterocycles. The van der Waals surface area contributed by atoms with Crippen LogP contribution in [-0.2, 0) is 0 Å². The van der Waals surface area contributed by atoms with Crippen LogP contribution in [0.2, 0.25) is 15.1 Å². The van der Waals surface area contributed by atoms with E-state index in [1.54, 1.807) is 24.3 Å². The van der Waals surface area contributed by atoms with E-state index in [1.165, 1.54) is 0 Å². The second-order valence-corrected chi connectivity index (χ2v) is 5.46. The second kappa shape index (κ2) is 5.91. The average Bonchev–Trinajstić information content (AvgIpc) is 2.32. The summed E-state index contributed by atoms with van der Waals surface area (Å²) in [5, 5.41) is 1.62. The van der Waals surface area contributed by atoms with Crippen molar-refractivity contribution in [2.75, 3.05) is 19.0 Å². The first-order valence-corrected chi connectivity index (χ1v) is 6.70. The highest BCUT2D eigenvalue weighted by atomic mass is 35.5. The molecule has 0 saturated carbocycles. The van der Waals surface area contributed by atoms with Crippen LogP contribution in [0.25, 0.3) is 0 Å². The van der Waals surface area contributed by atoms with Crippen LogP contribution in [0.5, 0.6) is 11.5 Å². The van der Waals surface area contributed by atoms with Gasteiger partial charge in [-0.25, -0.2) is 0 Å². The number of halogens is 3. The molecular weight excluding hydrogens is 305 g/mol. The molecule has 2 rings (SSSR count). The topological polar surface area (TPSA) is 12.5 Å². The molecule has 0 bridgehead atoms. The summed E-state index contributed by atoms with van der Waals surface area (Å²) >= 11 is 18.0. The highest BCUT2D eigenvalue weighted by molar-refractivity contribution is 6.35. The largest absolute Gasteiger partial charge is 0.454 e. The minimum atomic E-state index is 0.456. The van der Waals surface area contributed by atoms with E-state index in [4.69, 9.17) is 39.5 Å². The first-order chi connectivity index (χ1) is 8.97. The molecule has 0 N–H and O–H groups in total. The molecule has 0 aliphatic heterocycles. The van der Waals surface area contributed by atoms with Gasteiger partial charge in [0.25, 0.3) is 0 Å². The van der Waals surface area contributed by atoms with Crippen molar-refractivity contribution in [2.45, 2.75) is 0 Å². The fourth-order valence-electron chi connectivity index (χ4n) is 1.62. The van der Waals surface area contributed by atoms with Crippen LogP contribution in [0.4, 0.5) is 5.69 Å². The third kappa shape index (κ3) is 3.47. The number of hydrogen-bond donors (Lipinski definition) is 0. The van der Waals surface area contributed by atoms with E-state index in [0.29, 0.717) is 26.6 Å². The quantitative estimate of drug-likeness (QED) is 0.741. The molecule has 0 fully saturated rings. The lowest BCUT2D eigenvalue weighted by atomic mass is 10.2.